The van der Waals surface area contributed by atoms with Gasteiger partial charge in [-0.1, -0.05) is 42.5 Å². The predicted molar refractivity (Wildman–Crippen MR) is 148 cm³/mol. The SMILES string of the molecule is Cc1ccc(Nc2ccc(Nc3cccc(C)c3S(=O)(=O)O)c3c2C(=O)c2ccccc2C3=O)c(S(=O)(=O)O)c1. The summed E-state index contributed by atoms with van der Waals surface area (Å²) >= 11 is 0. The number of hydrogen-bond donors (Lipinski definition) is 4. The summed E-state index contributed by atoms with van der Waals surface area (Å²) in [6.45, 7) is 3.14. The number of anilines is 4. The number of carbonyl (C=O) groups excluding carboxylic acids is 2. The third kappa shape index (κ3) is 4.77. The molecule has 12 heteroatoms. The summed E-state index contributed by atoms with van der Waals surface area (Å²) in [7, 11) is -9.31. The fourth-order valence-electron chi connectivity index (χ4n) is 4.76. The Morgan fingerprint density at radius 3 is 1.65 bits per heavy atom. The number of benzene rings is 4. The quantitative estimate of drug-likeness (QED) is 0.200. The van der Waals surface area contributed by atoms with Gasteiger partial charge in [0.15, 0.2) is 11.6 Å². The topological polar surface area (TPSA) is 167 Å². The van der Waals surface area contributed by atoms with Gasteiger partial charge in [-0.15, -0.1) is 0 Å². The lowest BCUT2D eigenvalue weighted by Gasteiger charge is -2.24. The van der Waals surface area contributed by atoms with Gasteiger partial charge in [0, 0.05) is 11.1 Å². The fraction of sp³-hybridized carbons (Fsp3) is 0.0714. The van der Waals surface area contributed by atoms with Gasteiger partial charge in [-0.2, -0.15) is 16.8 Å². The Hall–Kier alpha value is -4.36. The minimum atomic E-state index is -4.66. The van der Waals surface area contributed by atoms with Crippen molar-refractivity contribution in [3.8, 4) is 0 Å². The van der Waals surface area contributed by atoms with Crippen LogP contribution in [-0.4, -0.2) is 37.5 Å². The Labute approximate surface area is 230 Å². The van der Waals surface area contributed by atoms with Crippen LogP contribution in [0.5, 0.6) is 0 Å². The summed E-state index contributed by atoms with van der Waals surface area (Å²) in [5, 5.41) is 5.76. The number of hydrogen-bond acceptors (Lipinski definition) is 8. The lowest BCUT2D eigenvalue weighted by molar-refractivity contribution is 0.0980. The molecule has 40 heavy (non-hydrogen) atoms. The molecule has 4 N–H and O–H groups in total. The first-order valence-corrected chi connectivity index (χ1v) is 14.7. The monoisotopic (exact) mass is 578 g/mol. The van der Waals surface area contributed by atoms with Crippen LogP contribution in [0, 0.1) is 13.8 Å². The van der Waals surface area contributed by atoms with E-state index in [0.29, 0.717) is 5.56 Å². The van der Waals surface area contributed by atoms with E-state index in [2.05, 4.69) is 10.6 Å². The summed E-state index contributed by atoms with van der Waals surface area (Å²) in [5.41, 5.74) is 1.04. The minimum absolute atomic E-state index is 0.0169. The number of nitrogens with one attached hydrogen (secondary N) is 2. The van der Waals surface area contributed by atoms with Crippen LogP contribution in [0.1, 0.15) is 43.0 Å². The van der Waals surface area contributed by atoms with Crippen LogP contribution in [0.4, 0.5) is 22.7 Å². The summed E-state index contributed by atoms with van der Waals surface area (Å²) in [4.78, 5) is 26.7. The van der Waals surface area contributed by atoms with Crippen molar-refractivity contribution < 1.29 is 35.5 Å². The van der Waals surface area contributed by atoms with Gasteiger partial charge in [-0.05, 0) is 55.3 Å². The molecule has 0 bridgehead atoms. The lowest BCUT2D eigenvalue weighted by atomic mass is 9.82. The van der Waals surface area contributed by atoms with E-state index in [1.807, 2.05) is 0 Å². The maximum Gasteiger partial charge on any atom is 0.296 e. The Balaban J connectivity index is 1.74. The van der Waals surface area contributed by atoms with Crippen LogP contribution < -0.4 is 10.6 Å². The van der Waals surface area contributed by atoms with Crippen molar-refractivity contribution in [2.45, 2.75) is 23.6 Å². The number of fused-ring (bicyclic) bond motifs is 2. The maximum atomic E-state index is 13.8. The first kappa shape index (κ1) is 27.2. The molecular formula is C28H22N2O8S2. The molecule has 5 rings (SSSR count). The van der Waals surface area contributed by atoms with Crippen molar-refractivity contribution in [1.82, 2.24) is 0 Å². The van der Waals surface area contributed by atoms with Crippen molar-refractivity contribution in [1.29, 1.82) is 0 Å². The average Bonchev–Trinajstić information content (AvgIpc) is 2.87. The van der Waals surface area contributed by atoms with Crippen molar-refractivity contribution in [2.24, 2.45) is 0 Å². The van der Waals surface area contributed by atoms with Crippen LogP contribution in [0.3, 0.4) is 0 Å². The predicted octanol–water partition coefficient (Wildman–Crippen LogP) is 5.06. The zero-order valence-corrected chi connectivity index (χ0v) is 22.7. The van der Waals surface area contributed by atoms with E-state index in [1.54, 1.807) is 31.2 Å². The van der Waals surface area contributed by atoms with Gasteiger partial charge >= 0.3 is 0 Å². The molecule has 0 saturated heterocycles. The summed E-state index contributed by atoms with van der Waals surface area (Å²) in [6.07, 6.45) is 0. The first-order valence-electron chi connectivity index (χ1n) is 11.8. The van der Waals surface area contributed by atoms with Gasteiger partial charge in [-0.3, -0.25) is 18.7 Å². The number of aryl methyl sites for hydroxylation is 2. The highest BCUT2D eigenvalue weighted by atomic mass is 32.2. The highest BCUT2D eigenvalue weighted by Crippen LogP contribution is 2.40. The molecule has 0 heterocycles. The molecule has 1 aliphatic rings. The highest BCUT2D eigenvalue weighted by Gasteiger charge is 2.35. The Bertz CT molecular complexity index is 1970. The van der Waals surface area contributed by atoms with Crippen LogP contribution in [0.25, 0.3) is 0 Å². The maximum absolute atomic E-state index is 13.8. The Kier molecular flexibility index (Phi) is 6.59. The van der Waals surface area contributed by atoms with Gasteiger partial charge in [0.05, 0.1) is 33.9 Å². The normalized spacial score (nSPS) is 13.0. The average molecular weight is 579 g/mol. The number of ketones is 2. The fourth-order valence-corrected chi connectivity index (χ4v) is 6.36. The molecule has 4 aromatic carbocycles. The van der Waals surface area contributed by atoms with Crippen LogP contribution in [0.2, 0.25) is 0 Å². The third-order valence-electron chi connectivity index (χ3n) is 6.50. The zero-order chi connectivity index (χ0) is 29.0. The van der Waals surface area contributed by atoms with Crippen LogP contribution in [0.15, 0.2) is 82.6 Å². The van der Waals surface area contributed by atoms with Gasteiger partial charge in [-0.25, -0.2) is 0 Å². The molecule has 204 valence electrons. The number of rotatable bonds is 6. The largest absolute Gasteiger partial charge is 0.354 e. The summed E-state index contributed by atoms with van der Waals surface area (Å²) < 4.78 is 68.1. The van der Waals surface area contributed by atoms with E-state index in [0.717, 1.165) is 0 Å². The molecule has 0 amide bonds. The van der Waals surface area contributed by atoms with Gasteiger partial charge < -0.3 is 10.6 Å². The molecule has 0 fully saturated rings. The van der Waals surface area contributed by atoms with Crippen LogP contribution in [-0.2, 0) is 20.2 Å². The Morgan fingerprint density at radius 2 is 1.12 bits per heavy atom. The second kappa shape index (κ2) is 9.68. The van der Waals surface area contributed by atoms with E-state index in [1.165, 1.54) is 55.5 Å². The number of carbonyl (C=O) groups is 2. The van der Waals surface area contributed by atoms with Gasteiger partial charge in [0.25, 0.3) is 20.2 Å². The van der Waals surface area contributed by atoms with Crippen LogP contribution >= 0.6 is 0 Å². The molecule has 1 aliphatic carbocycles. The molecule has 0 atom stereocenters. The standard InChI is InChI=1S/C28H22N2O8S2/c1-15-10-11-19(23(14-15)39(33,34)35)29-20-12-13-21(30-22-9-5-6-16(2)28(22)40(36,37)38)25-24(20)26(31)17-7-3-4-8-18(17)27(25)32/h3-14,29-30H,1-2H3,(H,33,34,35)(H,36,37,38). The Morgan fingerprint density at radius 1 is 0.600 bits per heavy atom. The highest BCUT2D eigenvalue weighted by molar-refractivity contribution is 7.86. The smallest absolute Gasteiger partial charge is 0.296 e. The van der Waals surface area contributed by atoms with Crippen molar-refractivity contribution in [3.63, 3.8) is 0 Å². The van der Waals surface area contributed by atoms with Crippen molar-refractivity contribution in [2.75, 3.05) is 10.6 Å². The second-order valence-corrected chi connectivity index (χ2v) is 12.0. The molecule has 0 saturated carbocycles. The molecule has 0 aromatic heterocycles. The molecule has 4 aromatic rings. The van der Waals surface area contributed by atoms with Crippen molar-refractivity contribution >= 4 is 54.6 Å². The molecule has 0 radical (unpaired) electrons. The van der Waals surface area contributed by atoms with Gasteiger partial charge in [0.1, 0.15) is 9.79 Å². The molecular weight excluding hydrogens is 556 g/mol. The summed E-state index contributed by atoms with van der Waals surface area (Å²) in [5.74, 6) is -1.06. The molecule has 0 unspecified atom stereocenters. The zero-order valence-electron chi connectivity index (χ0n) is 21.1. The van der Waals surface area contributed by atoms with E-state index in [4.69, 9.17) is 0 Å². The summed E-state index contributed by atoms with van der Waals surface area (Å²) in [6, 6.07) is 17.8. The van der Waals surface area contributed by atoms with E-state index < -0.39 is 41.6 Å². The third-order valence-corrected chi connectivity index (χ3v) is 8.45. The van der Waals surface area contributed by atoms with E-state index in [9.17, 15) is 35.5 Å². The van der Waals surface area contributed by atoms with E-state index >= 15 is 0 Å². The molecule has 0 aliphatic heterocycles. The first-order chi connectivity index (χ1) is 18.8. The van der Waals surface area contributed by atoms with Gasteiger partial charge in [0.2, 0.25) is 0 Å². The molecule has 0 spiro atoms. The molecule has 10 nitrogen and oxygen atoms in total. The van der Waals surface area contributed by atoms with Crippen molar-refractivity contribution in [3.05, 3.63) is 106 Å². The van der Waals surface area contributed by atoms with E-state index in [-0.39, 0.29) is 50.6 Å². The minimum Gasteiger partial charge on any atom is -0.354 e. The lowest BCUT2D eigenvalue weighted by Crippen LogP contribution is -2.23. The second-order valence-electron chi connectivity index (χ2n) is 9.27.